The summed E-state index contributed by atoms with van der Waals surface area (Å²) in [5, 5.41) is 16.7. The first-order chi connectivity index (χ1) is 6.49. The van der Waals surface area contributed by atoms with Crippen molar-refractivity contribution < 1.29 is 15.0 Å². The molecule has 0 bridgehead atoms. The molecule has 0 aliphatic heterocycles. The number of nitrogens with zero attached hydrogens (tertiary/aromatic N) is 1. The van der Waals surface area contributed by atoms with Gasteiger partial charge in [-0.2, -0.15) is 0 Å². The molecule has 14 heavy (non-hydrogen) atoms. The Hall–Kier alpha value is -0.450. The molecular weight excluding hydrogens is 182 g/mol. The molecule has 4 heteroatoms. The maximum atomic E-state index is 9.89. The Morgan fingerprint density at radius 3 is 1.79 bits per heavy atom. The van der Waals surface area contributed by atoms with Gasteiger partial charge in [0.05, 0.1) is 6.61 Å². The van der Waals surface area contributed by atoms with E-state index in [0.717, 1.165) is 19.6 Å². The fraction of sp³-hybridized carbons (Fsp3) is 0.900. The summed E-state index contributed by atoms with van der Waals surface area (Å²) in [4.78, 5) is 12.1. The lowest BCUT2D eigenvalue weighted by Gasteiger charge is -2.15. The zero-order valence-corrected chi connectivity index (χ0v) is 9.66. The van der Waals surface area contributed by atoms with E-state index in [9.17, 15) is 4.79 Å². The molecular formula is C10H23NO3. The first kappa shape index (κ1) is 16.0. The van der Waals surface area contributed by atoms with Crippen molar-refractivity contribution in [1.82, 2.24) is 4.90 Å². The second kappa shape index (κ2) is 10.6. The number of carbonyl (C=O) groups excluding carboxylic acids is 1. The van der Waals surface area contributed by atoms with Crippen LogP contribution in [-0.4, -0.2) is 53.2 Å². The molecule has 1 unspecified atom stereocenters. The number of hydrogen-bond acceptors (Lipinski definition) is 4. The minimum Gasteiger partial charge on any atom is -0.395 e. The Morgan fingerprint density at radius 1 is 1.36 bits per heavy atom. The smallest absolute Gasteiger partial charge is 0.157 e. The third kappa shape index (κ3) is 11.6. The second-order valence-corrected chi connectivity index (χ2v) is 3.04. The topological polar surface area (TPSA) is 60.8 Å². The van der Waals surface area contributed by atoms with Crippen molar-refractivity contribution in [3.8, 4) is 0 Å². The molecule has 0 aliphatic carbocycles. The summed E-state index contributed by atoms with van der Waals surface area (Å²) >= 11 is 0. The quantitative estimate of drug-likeness (QED) is 0.676. The van der Waals surface area contributed by atoms with Crippen molar-refractivity contribution in [1.29, 1.82) is 0 Å². The standard InChI is InChI=1S/C6H15NO.C4H8O2/c1-3-7(4-2)5-6-8;1-3(5)4(2)6/h8H,3-6H2,1-2H3;3,5H,1-2H3. The van der Waals surface area contributed by atoms with E-state index >= 15 is 0 Å². The van der Waals surface area contributed by atoms with Crippen LogP contribution in [0.2, 0.25) is 0 Å². The van der Waals surface area contributed by atoms with E-state index in [2.05, 4.69) is 18.7 Å². The van der Waals surface area contributed by atoms with Crippen molar-refractivity contribution in [3.05, 3.63) is 0 Å². The molecule has 0 aromatic heterocycles. The Kier molecular flexibility index (Phi) is 12.1. The highest BCUT2D eigenvalue weighted by Gasteiger charge is 1.97. The van der Waals surface area contributed by atoms with E-state index in [0.29, 0.717) is 0 Å². The Morgan fingerprint density at radius 2 is 1.71 bits per heavy atom. The highest BCUT2D eigenvalue weighted by atomic mass is 16.3. The van der Waals surface area contributed by atoms with Crippen molar-refractivity contribution in [2.24, 2.45) is 0 Å². The maximum absolute atomic E-state index is 9.89. The zero-order valence-electron chi connectivity index (χ0n) is 9.66. The van der Waals surface area contributed by atoms with Gasteiger partial charge in [-0.25, -0.2) is 0 Å². The first-order valence-electron chi connectivity index (χ1n) is 5.01. The number of hydrogen-bond donors (Lipinski definition) is 2. The third-order valence-corrected chi connectivity index (χ3v) is 1.90. The van der Waals surface area contributed by atoms with Crippen molar-refractivity contribution in [2.75, 3.05) is 26.2 Å². The molecule has 0 rings (SSSR count). The van der Waals surface area contributed by atoms with Gasteiger partial charge in [0.15, 0.2) is 5.78 Å². The minimum atomic E-state index is -0.787. The molecule has 86 valence electrons. The summed E-state index contributed by atoms with van der Waals surface area (Å²) in [6.07, 6.45) is -0.787. The van der Waals surface area contributed by atoms with Crippen molar-refractivity contribution >= 4 is 5.78 Å². The molecule has 0 saturated heterocycles. The first-order valence-corrected chi connectivity index (χ1v) is 5.01. The predicted molar refractivity (Wildman–Crippen MR) is 57.2 cm³/mol. The fourth-order valence-electron chi connectivity index (χ4n) is 0.681. The van der Waals surface area contributed by atoms with Crippen LogP contribution in [0.15, 0.2) is 0 Å². The highest BCUT2D eigenvalue weighted by Crippen LogP contribution is 1.82. The van der Waals surface area contributed by atoms with Gasteiger partial charge in [0.1, 0.15) is 6.10 Å². The van der Waals surface area contributed by atoms with Gasteiger partial charge >= 0.3 is 0 Å². The average molecular weight is 205 g/mol. The summed E-state index contributed by atoms with van der Waals surface area (Å²) in [5.74, 6) is -0.185. The van der Waals surface area contributed by atoms with E-state index < -0.39 is 6.10 Å². The van der Waals surface area contributed by atoms with Crippen LogP contribution in [0.1, 0.15) is 27.7 Å². The van der Waals surface area contributed by atoms with Gasteiger partial charge < -0.3 is 15.1 Å². The fourth-order valence-corrected chi connectivity index (χ4v) is 0.681. The number of Topliss-reactive ketones (excluding diaryl/α,β-unsaturated/α-hetero) is 1. The third-order valence-electron chi connectivity index (χ3n) is 1.90. The molecule has 2 N–H and O–H groups in total. The van der Waals surface area contributed by atoms with Gasteiger partial charge in [-0.3, -0.25) is 4.79 Å². The van der Waals surface area contributed by atoms with E-state index in [4.69, 9.17) is 10.2 Å². The molecule has 0 aliphatic rings. The summed E-state index contributed by atoms with van der Waals surface area (Å²) in [5.41, 5.74) is 0. The van der Waals surface area contributed by atoms with E-state index in [-0.39, 0.29) is 12.4 Å². The number of carbonyl (C=O) groups is 1. The van der Waals surface area contributed by atoms with Crippen LogP contribution < -0.4 is 0 Å². The monoisotopic (exact) mass is 205 g/mol. The molecule has 0 aromatic carbocycles. The molecule has 0 spiro atoms. The molecule has 4 nitrogen and oxygen atoms in total. The summed E-state index contributed by atoms with van der Waals surface area (Å²) in [6.45, 7) is 10.2. The van der Waals surface area contributed by atoms with Gasteiger partial charge in [-0.15, -0.1) is 0 Å². The van der Waals surface area contributed by atoms with Crippen LogP contribution >= 0.6 is 0 Å². The number of likely N-dealkylation sites (N-methyl/N-ethyl adjacent to an activating group) is 1. The number of aliphatic hydroxyl groups excluding tert-OH is 2. The van der Waals surface area contributed by atoms with Gasteiger partial charge in [0.25, 0.3) is 0 Å². The molecule has 0 amide bonds. The summed E-state index contributed by atoms with van der Waals surface area (Å²) < 4.78 is 0. The van der Waals surface area contributed by atoms with Crippen LogP contribution in [0.3, 0.4) is 0 Å². The second-order valence-electron chi connectivity index (χ2n) is 3.04. The number of aliphatic hydroxyl groups is 2. The van der Waals surface area contributed by atoms with Gasteiger partial charge in [-0.1, -0.05) is 13.8 Å². The van der Waals surface area contributed by atoms with Gasteiger partial charge in [0, 0.05) is 6.54 Å². The zero-order chi connectivity index (χ0) is 11.6. The van der Waals surface area contributed by atoms with Crippen molar-refractivity contribution in [3.63, 3.8) is 0 Å². The SMILES string of the molecule is CC(=O)C(C)O.CCN(CC)CCO. The average Bonchev–Trinajstić information content (AvgIpc) is 2.15. The lowest BCUT2D eigenvalue weighted by Crippen LogP contribution is -2.25. The minimum absolute atomic E-state index is 0.185. The normalized spacial score (nSPS) is 11.9. The molecule has 0 aromatic rings. The van der Waals surface area contributed by atoms with Crippen LogP contribution in [0.4, 0.5) is 0 Å². The van der Waals surface area contributed by atoms with Crippen LogP contribution in [0.5, 0.6) is 0 Å². The molecule has 0 fully saturated rings. The lowest BCUT2D eigenvalue weighted by atomic mass is 10.3. The summed E-state index contributed by atoms with van der Waals surface area (Å²) in [7, 11) is 0. The van der Waals surface area contributed by atoms with Gasteiger partial charge in [0.2, 0.25) is 0 Å². The van der Waals surface area contributed by atoms with Crippen molar-refractivity contribution in [2.45, 2.75) is 33.8 Å². The Labute approximate surface area is 86.5 Å². The van der Waals surface area contributed by atoms with Crippen LogP contribution in [0, 0.1) is 0 Å². The lowest BCUT2D eigenvalue weighted by molar-refractivity contribution is -0.124. The molecule has 0 saturated carbocycles. The Bertz CT molecular complexity index is 133. The molecule has 0 heterocycles. The highest BCUT2D eigenvalue weighted by molar-refractivity contribution is 5.79. The van der Waals surface area contributed by atoms with E-state index in [1.807, 2.05) is 0 Å². The molecule has 1 atom stereocenters. The maximum Gasteiger partial charge on any atom is 0.157 e. The van der Waals surface area contributed by atoms with Crippen LogP contribution in [-0.2, 0) is 4.79 Å². The number of rotatable bonds is 5. The van der Waals surface area contributed by atoms with Gasteiger partial charge in [-0.05, 0) is 26.9 Å². The van der Waals surface area contributed by atoms with E-state index in [1.54, 1.807) is 0 Å². The van der Waals surface area contributed by atoms with Crippen LogP contribution in [0.25, 0.3) is 0 Å². The number of ketones is 1. The van der Waals surface area contributed by atoms with E-state index in [1.165, 1.54) is 13.8 Å². The predicted octanol–water partition coefficient (Wildman–Crippen LogP) is 0.277. The molecule has 0 radical (unpaired) electrons. The summed E-state index contributed by atoms with van der Waals surface area (Å²) in [6, 6.07) is 0. The largest absolute Gasteiger partial charge is 0.395 e. The Balaban J connectivity index is 0.